The van der Waals surface area contributed by atoms with Gasteiger partial charge in [-0.05, 0) is 38.9 Å². The molecule has 0 unspecified atom stereocenters. The number of ether oxygens (including phenoxy) is 1. The minimum absolute atomic E-state index is 0.271. The standard InChI is InChI=1S/C15H25N3O/c1-4-8-16-9-14-6-5-7-15(17-14)18-10-12(2)19-13(3)11-18/h5-7,12-13,16H,4,8-11H2,1-3H3/t12-,13+. The average Bonchev–Trinajstić information content (AvgIpc) is 2.38. The number of nitrogens with zero attached hydrogens (tertiary/aromatic N) is 2. The van der Waals surface area contributed by atoms with Gasteiger partial charge in [0.2, 0.25) is 0 Å². The second-order valence-electron chi connectivity index (χ2n) is 5.33. The summed E-state index contributed by atoms with van der Waals surface area (Å²) < 4.78 is 5.77. The van der Waals surface area contributed by atoms with Crippen molar-refractivity contribution in [3.63, 3.8) is 0 Å². The first kappa shape index (κ1) is 14.3. The molecule has 1 saturated heterocycles. The molecule has 0 aromatic carbocycles. The maximum atomic E-state index is 5.77. The van der Waals surface area contributed by atoms with Crippen LogP contribution in [0.15, 0.2) is 18.2 Å². The highest BCUT2D eigenvalue weighted by Gasteiger charge is 2.23. The Morgan fingerprint density at radius 3 is 2.74 bits per heavy atom. The lowest BCUT2D eigenvalue weighted by Crippen LogP contribution is -2.45. The van der Waals surface area contributed by atoms with E-state index in [9.17, 15) is 0 Å². The van der Waals surface area contributed by atoms with Crippen LogP contribution in [0.4, 0.5) is 5.82 Å². The van der Waals surface area contributed by atoms with Crippen molar-refractivity contribution in [1.29, 1.82) is 0 Å². The molecule has 1 N–H and O–H groups in total. The fraction of sp³-hybridized carbons (Fsp3) is 0.667. The Labute approximate surface area is 116 Å². The molecule has 0 radical (unpaired) electrons. The van der Waals surface area contributed by atoms with Crippen LogP contribution >= 0.6 is 0 Å². The van der Waals surface area contributed by atoms with E-state index in [-0.39, 0.29) is 12.2 Å². The number of nitrogens with one attached hydrogen (secondary N) is 1. The van der Waals surface area contributed by atoms with E-state index in [4.69, 9.17) is 9.72 Å². The van der Waals surface area contributed by atoms with E-state index in [1.165, 1.54) is 0 Å². The second kappa shape index (κ2) is 6.87. The predicted octanol–water partition coefficient (Wildman–Crippen LogP) is 2.19. The molecule has 0 bridgehead atoms. The number of pyridine rings is 1. The molecule has 1 aromatic heterocycles. The minimum Gasteiger partial charge on any atom is -0.372 e. The van der Waals surface area contributed by atoms with Gasteiger partial charge in [0.25, 0.3) is 0 Å². The van der Waals surface area contributed by atoms with Crippen LogP contribution in [-0.4, -0.2) is 36.8 Å². The molecular formula is C15H25N3O. The minimum atomic E-state index is 0.271. The van der Waals surface area contributed by atoms with Gasteiger partial charge in [0.1, 0.15) is 5.82 Å². The Kier molecular flexibility index (Phi) is 5.16. The van der Waals surface area contributed by atoms with Crippen LogP contribution in [0.3, 0.4) is 0 Å². The number of rotatable bonds is 5. The number of hydrogen-bond donors (Lipinski definition) is 1. The van der Waals surface area contributed by atoms with Crippen LogP contribution in [0, 0.1) is 0 Å². The van der Waals surface area contributed by atoms with Crippen molar-refractivity contribution >= 4 is 5.82 Å². The van der Waals surface area contributed by atoms with Gasteiger partial charge in [0.05, 0.1) is 17.9 Å². The Morgan fingerprint density at radius 2 is 2.05 bits per heavy atom. The molecule has 0 aliphatic carbocycles. The molecule has 1 fully saturated rings. The van der Waals surface area contributed by atoms with E-state index in [0.717, 1.165) is 44.1 Å². The summed E-state index contributed by atoms with van der Waals surface area (Å²) in [5, 5.41) is 3.39. The normalized spacial score (nSPS) is 23.6. The molecular weight excluding hydrogens is 238 g/mol. The Morgan fingerprint density at radius 1 is 1.32 bits per heavy atom. The van der Waals surface area contributed by atoms with Gasteiger partial charge >= 0.3 is 0 Å². The quantitative estimate of drug-likeness (QED) is 0.826. The van der Waals surface area contributed by atoms with Crippen molar-refractivity contribution in [3.05, 3.63) is 23.9 Å². The summed E-state index contributed by atoms with van der Waals surface area (Å²) in [6.45, 7) is 10.1. The Balaban J connectivity index is 2.01. The van der Waals surface area contributed by atoms with Crippen molar-refractivity contribution in [2.45, 2.75) is 45.9 Å². The summed E-state index contributed by atoms with van der Waals surface area (Å²) in [6, 6.07) is 6.27. The largest absolute Gasteiger partial charge is 0.372 e. The monoisotopic (exact) mass is 263 g/mol. The van der Waals surface area contributed by atoms with Crippen LogP contribution in [-0.2, 0) is 11.3 Å². The summed E-state index contributed by atoms with van der Waals surface area (Å²) in [7, 11) is 0. The molecule has 4 heteroatoms. The number of aromatic nitrogens is 1. The van der Waals surface area contributed by atoms with Crippen molar-refractivity contribution in [2.24, 2.45) is 0 Å². The third kappa shape index (κ3) is 4.18. The number of anilines is 1. The second-order valence-corrected chi connectivity index (χ2v) is 5.33. The van der Waals surface area contributed by atoms with E-state index in [0.29, 0.717) is 0 Å². The summed E-state index contributed by atoms with van der Waals surface area (Å²) in [5.41, 5.74) is 1.11. The number of hydrogen-bond acceptors (Lipinski definition) is 4. The van der Waals surface area contributed by atoms with Gasteiger partial charge in [-0.2, -0.15) is 0 Å². The van der Waals surface area contributed by atoms with Crippen molar-refractivity contribution in [3.8, 4) is 0 Å². The van der Waals surface area contributed by atoms with Gasteiger partial charge in [-0.1, -0.05) is 13.0 Å². The van der Waals surface area contributed by atoms with Crippen molar-refractivity contribution < 1.29 is 4.74 Å². The van der Waals surface area contributed by atoms with E-state index < -0.39 is 0 Å². The lowest BCUT2D eigenvalue weighted by Gasteiger charge is -2.36. The molecule has 19 heavy (non-hydrogen) atoms. The van der Waals surface area contributed by atoms with E-state index in [1.807, 2.05) is 0 Å². The zero-order valence-corrected chi connectivity index (χ0v) is 12.2. The SMILES string of the molecule is CCCNCc1cccc(N2C[C@@H](C)O[C@@H](C)C2)n1. The first-order chi connectivity index (χ1) is 9.19. The Bertz CT molecular complexity index is 387. The van der Waals surface area contributed by atoms with Gasteiger partial charge in [-0.15, -0.1) is 0 Å². The molecule has 4 nitrogen and oxygen atoms in total. The molecule has 0 amide bonds. The lowest BCUT2D eigenvalue weighted by molar-refractivity contribution is -0.00546. The van der Waals surface area contributed by atoms with Gasteiger partial charge in [-0.3, -0.25) is 0 Å². The maximum absolute atomic E-state index is 5.77. The van der Waals surface area contributed by atoms with Crippen molar-refractivity contribution in [2.75, 3.05) is 24.5 Å². The molecule has 2 heterocycles. The highest BCUT2D eigenvalue weighted by Crippen LogP contribution is 2.18. The van der Waals surface area contributed by atoms with E-state index >= 15 is 0 Å². The average molecular weight is 263 g/mol. The molecule has 0 saturated carbocycles. The smallest absolute Gasteiger partial charge is 0.129 e. The van der Waals surface area contributed by atoms with Crippen LogP contribution in [0.25, 0.3) is 0 Å². The third-order valence-electron chi connectivity index (χ3n) is 3.27. The molecule has 1 aliphatic rings. The van der Waals surface area contributed by atoms with Gasteiger partial charge in [0.15, 0.2) is 0 Å². The first-order valence-corrected chi connectivity index (χ1v) is 7.26. The molecule has 1 aromatic rings. The van der Waals surface area contributed by atoms with Crippen LogP contribution in [0.2, 0.25) is 0 Å². The lowest BCUT2D eigenvalue weighted by atomic mass is 10.2. The summed E-state index contributed by atoms with van der Waals surface area (Å²) in [5.74, 6) is 1.07. The van der Waals surface area contributed by atoms with Crippen molar-refractivity contribution in [1.82, 2.24) is 10.3 Å². The summed E-state index contributed by atoms with van der Waals surface area (Å²) in [4.78, 5) is 7.07. The maximum Gasteiger partial charge on any atom is 0.129 e. The first-order valence-electron chi connectivity index (χ1n) is 7.26. The fourth-order valence-electron chi connectivity index (χ4n) is 2.50. The molecule has 0 spiro atoms. The molecule has 106 valence electrons. The van der Waals surface area contributed by atoms with E-state index in [2.05, 4.69) is 49.2 Å². The fourth-order valence-corrected chi connectivity index (χ4v) is 2.50. The highest BCUT2D eigenvalue weighted by atomic mass is 16.5. The van der Waals surface area contributed by atoms with Gasteiger partial charge in [-0.25, -0.2) is 4.98 Å². The van der Waals surface area contributed by atoms with Gasteiger partial charge in [0, 0.05) is 19.6 Å². The zero-order chi connectivity index (χ0) is 13.7. The van der Waals surface area contributed by atoms with Crippen LogP contribution in [0.5, 0.6) is 0 Å². The third-order valence-corrected chi connectivity index (χ3v) is 3.27. The van der Waals surface area contributed by atoms with Crippen LogP contribution < -0.4 is 10.2 Å². The zero-order valence-electron chi connectivity index (χ0n) is 12.2. The summed E-state index contributed by atoms with van der Waals surface area (Å²) in [6.07, 6.45) is 1.69. The van der Waals surface area contributed by atoms with Gasteiger partial charge < -0.3 is 15.0 Å². The highest BCUT2D eigenvalue weighted by molar-refractivity contribution is 5.40. The van der Waals surface area contributed by atoms with Crippen LogP contribution in [0.1, 0.15) is 32.9 Å². The molecule has 2 atom stereocenters. The predicted molar refractivity (Wildman–Crippen MR) is 78.5 cm³/mol. The summed E-state index contributed by atoms with van der Waals surface area (Å²) >= 11 is 0. The topological polar surface area (TPSA) is 37.4 Å². The Hall–Kier alpha value is -1.13. The number of morpholine rings is 1. The molecule has 2 rings (SSSR count). The van der Waals surface area contributed by atoms with E-state index in [1.54, 1.807) is 0 Å². The molecule has 1 aliphatic heterocycles.